The molecule has 1 aliphatic heterocycles. The first kappa shape index (κ1) is 9.22. The molecule has 0 bridgehead atoms. The zero-order valence-electron chi connectivity index (χ0n) is 9.08. The van der Waals surface area contributed by atoms with Gasteiger partial charge in [0.05, 0.1) is 0 Å². The van der Waals surface area contributed by atoms with Gasteiger partial charge in [0.15, 0.2) is 0 Å². The maximum atomic E-state index is 6.02. The highest BCUT2D eigenvalue weighted by molar-refractivity contribution is 5.51. The molecular weight excluding hydrogens is 184 g/mol. The molecule has 2 N–H and O–H groups in total. The molecular formula is C13H18N2. The molecule has 1 aromatic carbocycles. The monoisotopic (exact) mass is 202 g/mol. The Hall–Kier alpha value is -1.02. The predicted octanol–water partition coefficient (Wildman–Crippen LogP) is 2.04. The lowest BCUT2D eigenvalue weighted by atomic mass is 9.98. The lowest BCUT2D eigenvalue weighted by Gasteiger charge is -2.29. The van der Waals surface area contributed by atoms with Gasteiger partial charge in [-0.1, -0.05) is 12.1 Å². The van der Waals surface area contributed by atoms with Crippen LogP contribution >= 0.6 is 0 Å². The van der Waals surface area contributed by atoms with Crippen molar-refractivity contribution in [1.82, 2.24) is 4.90 Å². The summed E-state index contributed by atoms with van der Waals surface area (Å²) in [4.78, 5) is 2.57. The van der Waals surface area contributed by atoms with E-state index in [4.69, 9.17) is 5.73 Å². The van der Waals surface area contributed by atoms with E-state index in [0.29, 0.717) is 0 Å². The summed E-state index contributed by atoms with van der Waals surface area (Å²) < 4.78 is 0. The summed E-state index contributed by atoms with van der Waals surface area (Å²) in [5.41, 5.74) is 9.84. The van der Waals surface area contributed by atoms with Crippen molar-refractivity contribution < 1.29 is 0 Å². The molecule has 15 heavy (non-hydrogen) atoms. The normalized spacial score (nSPS) is 21.3. The molecule has 1 aromatic rings. The summed E-state index contributed by atoms with van der Waals surface area (Å²) in [6.45, 7) is 3.57. The number of nitrogens with two attached hydrogens (primary N) is 1. The van der Waals surface area contributed by atoms with Gasteiger partial charge in [0, 0.05) is 25.3 Å². The van der Waals surface area contributed by atoms with Crippen molar-refractivity contribution in [2.24, 2.45) is 5.92 Å². The van der Waals surface area contributed by atoms with Crippen molar-refractivity contribution in [3.63, 3.8) is 0 Å². The number of rotatable bonds is 2. The standard InChI is InChI=1S/C13H18N2/c14-13-3-1-2-11-6-7-15(9-12(11)13)8-10-4-5-10/h1-3,10H,4-9,14H2. The fraction of sp³-hybridized carbons (Fsp3) is 0.538. The SMILES string of the molecule is Nc1cccc2c1CN(CC1CC1)CC2. The quantitative estimate of drug-likeness (QED) is 0.744. The van der Waals surface area contributed by atoms with Gasteiger partial charge < -0.3 is 5.73 Å². The highest BCUT2D eigenvalue weighted by Crippen LogP contribution is 2.32. The van der Waals surface area contributed by atoms with E-state index in [1.807, 2.05) is 6.07 Å². The van der Waals surface area contributed by atoms with Gasteiger partial charge in [0.25, 0.3) is 0 Å². The molecule has 1 fully saturated rings. The summed E-state index contributed by atoms with van der Waals surface area (Å²) in [5.74, 6) is 0.983. The van der Waals surface area contributed by atoms with E-state index in [1.165, 1.54) is 43.5 Å². The van der Waals surface area contributed by atoms with Gasteiger partial charge in [0.2, 0.25) is 0 Å². The zero-order chi connectivity index (χ0) is 10.3. The van der Waals surface area contributed by atoms with Crippen molar-refractivity contribution in [2.45, 2.75) is 25.8 Å². The van der Waals surface area contributed by atoms with Crippen LogP contribution in [0.15, 0.2) is 18.2 Å². The van der Waals surface area contributed by atoms with Gasteiger partial charge in [-0.05, 0) is 42.4 Å². The summed E-state index contributed by atoms with van der Waals surface area (Å²) in [6, 6.07) is 6.32. The number of benzene rings is 1. The molecule has 1 saturated carbocycles. The Balaban J connectivity index is 1.78. The largest absolute Gasteiger partial charge is 0.398 e. The van der Waals surface area contributed by atoms with Crippen LogP contribution in [0.1, 0.15) is 24.0 Å². The van der Waals surface area contributed by atoms with E-state index in [1.54, 1.807) is 0 Å². The molecule has 1 aliphatic carbocycles. The van der Waals surface area contributed by atoms with Gasteiger partial charge in [-0.3, -0.25) is 4.90 Å². The summed E-state index contributed by atoms with van der Waals surface area (Å²) >= 11 is 0. The maximum absolute atomic E-state index is 6.02. The van der Waals surface area contributed by atoms with E-state index >= 15 is 0 Å². The molecule has 1 heterocycles. The third-order valence-electron chi connectivity index (χ3n) is 3.60. The van der Waals surface area contributed by atoms with E-state index in [9.17, 15) is 0 Å². The molecule has 0 saturated heterocycles. The van der Waals surface area contributed by atoms with Crippen LogP contribution in [-0.4, -0.2) is 18.0 Å². The second-order valence-electron chi connectivity index (χ2n) is 4.91. The van der Waals surface area contributed by atoms with Gasteiger partial charge in [-0.25, -0.2) is 0 Å². The molecule has 0 amide bonds. The second-order valence-corrected chi connectivity index (χ2v) is 4.91. The molecule has 0 radical (unpaired) electrons. The third-order valence-corrected chi connectivity index (χ3v) is 3.60. The van der Waals surface area contributed by atoms with Gasteiger partial charge in [0.1, 0.15) is 0 Å². The van der Waals surface area contributed by atoms with Crippen molar-refractivity contribution in [3.8, 4) is 0 Å². The number of fused-ring (bicyclic) bond motifs is 1. The second kappa shape index (κ2) is 3.53. The smallest absolute Gasteiger partial charge is 0.0362 e. The average molecular weight is 202 g/mol. The fourth-order valence-electron chi connectivity index (χ4n) is 2.48. The van der Waals surface area contributed by atoms with Crippen molar-refractivity contribution >= 4 is 5.69 Å². The lowest BCUT2D eigenvalue weighted by molar-refractivity contribution is 0.244. The maximum Gasteiger partial charge on any atom is 0.0362 e. The van der Waals surface area contributed by atoms with Crippen LogP contribution in [-0.2, 0) is 13.0 Å². The number of hydrogen-bond donors (Lipinski definition) is 1. The Bertz CT molecular complexity index is 369. The lowest BCUT2D eigenvalue weighted by Crippen LogP contribution is -2.32. The first-order valence-electron chi connectivity index (χ1n) is 5.91. The van der Waals surface area contributed by atoms with Crippen LogP contribution in [0.2, 0.25) is 0 Å². The molecule has 80 valence electrons. The number of nitrogens with zero attached hydrogens (tertiary/aromatic N) is 1. The topological polar surface area (TPSA) is 29.3 Å². The minimum Gasteiger partial charge on any atom is -0.398 e. The Labute approximate surface area is 91.1 Å². The van der Waals surface area contributed by atoms with Crippen molar-refractivity contribution in [3.05, 3.63) is 29.3 Å². The summed E-state index contributed by atoms with van der Waals surface area (Å²) in [5, 5.41) is 0. The van der Waals surface area contributed by atoms with Crippen molar-refractivity contribution in [1.29, 1.82) is 0 Å². The molecule has 0 unspecified atom stereocenters. The molecule has 2 aliphatic rings. The summed E-state index contributed by atoms with van der Waals surface area (Å²) in [6.07, 6.45) is 4.05. The number of nitrogen functional groups attached to an aromatic ring is 1. The predicted molar refractivity (Wildman–Crippen MR) is 62.6 cm³/mol. The first-order valence-corrected chi connectivity index (χ1v) is 5.91. The number of hydrogen-bond acceptors (Lipinski definition) is 2. The Morgan fingerprint density at radius 1 is 1.33 bits per heavy atom. The van der Waals surface area contributed by atoms with E-state index in [2.05, 4.69) is 17.0 Å². The Morgan fingerprint density at radius 3 is 3.00 bits per heavy atom. The van der Waals surface area contributed by atoms with Gasteiger partial charge in [-0.2, -0.15) is 0 Å². The van der Waals surface area contributed by atoms with Crippen LogP contribution in [0.5, 0.6) is 0 Å². The highest BCUT2D eigenvalue weighted by Gasteiger charge is 2.26. The minimum absolute atomic E-state index is 0.980. The van der Waals surface area contributed by atoms with Gasteiger partial charge >= 0.3 is 0 Å². The van der Waals surface area contributed by atoms with Crippen LogP contribution in [0.25, 0.3) is 0 Å². The van der Waals surface area contributed by atoms with Crippen LogP contribution in [0.3, 0.4) is 0 Å². The average Bonchev–Trinajstić information content (AvgIpc) is 3.03. The molecule has 0 atom stereocenters. The van der Waals surface area contributed by atoms with Gasteiger partial charge in [-0.15, -0.1) is 0 Å². The molecule has 0 spiro atoms. The number of anilines is 1. The van der Waals surface area contributed by atoms with E-state index < -0.39 is 0 Å². The van der Waals surface area contributed by atoms with E-state index in [0.717, 1.165) is 18.2 Å². The first-order chi connectivity index (χ1) is 7.33. The Morgan fingerprint density at radius 2 is 2.20 bits per heavy atom. The van der Waals surface area contributed by atoms with Crippen LogP contribution in [0.4, 0.5) is 5.69 Å². The molecule has 3 rings (SSSR count). The molecule has 2 heteroatoms. The van der Waals surface area contributed by atoms with E-state index in [-0.39, 0.29) is 0 Å². The third kappa shape index (κ3) is 1.86. The Kier molecular flexibility index (Phi) is 2.17. The molecule has 2 nitrogen and oxygen atoms in total. The highest BCUT2D eigenvalue weighted by atomic mass is 15.1. The minimum atomic E-state index is 0.980. The van der Waals surface area contributed by atoms with Crippen molar-refractivity contribution in [2.75, 3.05) is 18.8 Å². The molecule has 0 aromatic heterocycles. The zero-order valence-corrected chi connectivity index (χ0v) is 9.08. The fourth-order valence-corrected chi connectivity index (χ4v) is 2.48. The summed E-state index contributed by atoms with van der Waals surface area (Å²) in [7, 11) is 0. The van der Waals surface area contributed by atoms with Crippen LogP contribution in [0, 0.1) is 5.92 Å². The van der Waals surface area contributed by atoms with Crippen LogP contribution < -0.4 is 5.73 Å².